The zero-order valence-electron chi connectivity index (χ0n) is 13.6. The molecule has 2 N–H and O–H groups in total. The van der Waals surface area contributed by atoms with E-state index in [-0.39, 0.29) is 24.8 Å². The van der Waals surface area contributed by atoms with Gasteiger partial charge in [-0.1, -0.05) is 35.2 Å². The first-order chi connectivity index (χ1) is 10.7. The Morgan fingerprint density at radius 1 is 1.00 bits per heavy atom. The molecule has 1 saturated carbocycles. The van der Waals surface area contributed by atoms with Gasteiger partial charge >= 0.3 is 0 Å². The molecule has 24 heavy (non-hydrogen) atoms. The molecule has 138 valence electrons. The van der Waals surface area contributed by atoms with Crippen LogP contribution in [0.4, 0.5) is 0 Å². The van der Waals surface area contributed by atoms with Gasteiger partial charge < -0.3 is 10.4 Å². The first kappa shape index (κ1) is 22.5. The van der Waals surface area contributed by atoms with Crippen molar-refractivity contribution in [3.05, 3.63) is 26.6 Å². The lowest BCUT2D eigenvalue weighted by atomic mass is 9.80. The number of hydrogen-bond acceptors (Lipinski definition) is 3. The molecule has 0 amide bonds. The maximum Gasteiger partial charge on any atom is 0.135 e. The van der Waals surface area contributed by atoms with E-state index in [4.69, 9.17) is 0 Å². The number of nitrogens with one attached hydrogen (secondary N) is 1. The summed E-state index contributed by atoms with van der Waals surface area (Å²) in [6.07, 6.45) is 6.54. The average Bonchev–Trinajstić information content (AvgIpc) is 2.57. The highest BCUT2D eigenvalue weighted by Crippen LogP contribution is 2.46. The van der Waals surface area contributed by atoms with Gasteiger partial charge in [0.05, 0.1) is 4.47 Å². The van der Waals surface area contributed by atoms with Crippen LogP contribution in [0.1, 0.15) is 43.7 Å². The fourth-order valence-corrected chi connectivity index (χ4v) is 4.87. The summed E-state index contributed by atoms with van der Waals surface area (Å²) in [6.45, 7) is 4.18. The monoisotopic (exact) mass is 502 g/mol. The van der Waals surface area contributed by atoms with E-state index >= 15 is 0 Å². The minimum Gasteiger partial charge on any atom is -0.506 e. The molecule has 0 unspecified atom stereocenters. The summed E-state index contributed by atoms with van der Waals surface area (Å²) in [4.78, 5) is 2.57. The molecule has 3 rings (SSSR count). The number of nitrogens with zero attached hydrogens (tertiary/aromatic N) is 1. The van der Waals surface area contributed by atoms with Gasteiger partial charge in [-0.05, 0) is 46.8 Å². The molecule has 1 aromatic carbocycles. The van der Waals surface area contributed by atoms with Gasteiger partial charge in [0, 0.05) is 42.3 Å². The van der Waals surface area contributed by atoms with Crippen molar-refractivity contribution in [3.8, 4) is 5.75 Å². The molecular weight excluding hydrogens is 479 g/mol. The third-order valence-electron chi connectivity index (χ3n) is 5.05. The number of benzene rings is 1. The number of rotatable bonds is 3. The van der Waals surface area contributed by atoms with Gasteiger partial charge in [0.15, 0.2) is 0 Å². The number of phenolic OH excluding ortho intramolecular Hbond substituents is 1. The van der Waals surface area contributed by atoms with Crippen LogP contribution in [0.5, 0.6) is 5.75 Å². The topological polar surface area (TPSA) is 35.5 Å². The zero-order valence-corrected chi connectivity index (χ0v) is 18.4. The molecule has 1 atom stereocenters. The van der Waals surface area contributed by atoms with E-state index in [0.717, 1.165) is 40.7 Å². The number of aromatic hydroxyl groups is 1. The highest BCUT2D eigenvalue weighted by molar-refractivity contribution is 9.11. The first-order valence-electron chi connectivity index (χ1n) is 8.30. The molecule has 2 aliphatic rings. The lowest BCUT2D eigenvalue weighted by Crippen LogP contribution is -2.47. The summed E-state index contributed by atoms with van der Waals surface area (Å²) < 4.78 is 1.82. The van der Waals surface area contributed by atoms with Crippen molar-refractivity contribution in [3.63, 3.8) is 0 Å². The molecule has 7 heteroatoms. The van der Waals surface area contributed by atoms with Crippen LogP contribution in [0.25, 0.3) is 0 Å². The van der Waals surface area contributed by atoms with Gasteiger partial charge in [0.2, 0.25) is 0 Å². The molecule has 1 aliphatic carbocycles. The quantitative estimate of drug-likeness (QED) is 0.587. The predicted molar refractivity (Wildman–Crippen MR) is 112 cm³/mol. The van der Waals surface area contributed by atoms with E-state index in [2.05, 4.69) is 48.1 Å². The van der Waals surface area contributed by atoms with Crippen LogP contribution in [0, 0.1) is 5.92 Å². The largest absolute Gasteiger partial charge is 0.506 e. The van der Waals surface area contributed by atoms with Gasteiger partial charge in [-0.25, -0.2) is 0 Å². The number of halogens is 4. The molecule has 0 bridgehead atoms. The Labute approximate surface area is 174 Å². The van der Waals surface area contributed by atoms with Crippen LogP contribution in [0.15, 0.2) is 21.1 Å². The Morgan fingerprint density at radius 3 is 2.21 bits per heavy atom. The fourth-order valence-electron chi connectivity index (χ4n) is 3.96. The molecule has 1 aliphatic heterocycles. The SMILES string of the molecule is Cl.Cl.Oc1c(Br)ccc(Br)c1[C@H](C1CCCCC1)N1CCNCC1. The van der Waals surface area contributed by atoms with Crippen LogP contribution in [-0.4, -0.2) is 36.2 Å². The van der Waals surface area contributed by atoms with Gasteiger partial charge in [0.25, 0.3) is 0 Å². The normalized spacial score (nSPS) is 20.8. The van der Waals surface area contributed by atoms with E-state index < -0.39 is 0 Å². The van der Waals surface area contributed by atoms with Crippen molar-refractivity contribution in [1.82, 2.24) is 10.2 Å². The number of piperazine rings is 1. The second kappa shape index (κ2) is 10.6. The zero-order chi connectivity index (χ0) is 15.5. The summed E-state index contributed by atoms with van der Waals surface area (Å²) in [5.74, 6) is 1.05. The Balaban J connectivity index is 0.00000144. The molecular formula is C17H26Br2Cl2N2O. The van der Waals surface area contributed by atoms with Crippen molar-refractivity contribution in [2.75, 3.05) is 26.2 Å². The van der Waals surface area contributed by atoms with E-state index in [1.165, 1.54) is 32.1 Å². The lowest BCUT2D eigenvalue weighted by Gasteiger charge is -2.41. The minimum absolute atomic E-state index is 0. The van der Waals surface area contributed by atoms with Gasteiger partial charge in [0.1, 0.15) is 5.75 Å². The van der Waals surface area contributed by atoms with Crippen LogP contribution in [-0.2, 0) is 0 Å². The highest BCUT2D eigenvalue weighted by Gasteiger charge is 2.34. The summed E-state index contributed by atoms with van der Waals surface area (Å²) in [5.41, 5.74) is 1.07. The van der Waals surface area contributed by atoms with E-state index in [0.29, 0.717) is 17.7 Å². The van der Waals surface area contributed by atoms with E-state index in [1.54, 1.807) is 0 Å². The smallest absolute Gasteiger partial charge is 0.135 e. The molecule has 0 aromatic heterocycles. The molecule has 3 nitrogen and oxygen atoms in total. The molecule has 1 aromatic rings. The maximum atomic E-state index is 10.7. The fraction of sp³-hybridized carbons (Fsp3) is 0.647. The Morgan fingerprint density at radius 2 is 1.58 bits per heavy atom. The van der Waals surface area contributed by atoms with E-state index in [9.17, 15) is 5.11 Å². The van der Waals surface area contributed by atoms with Crippen LogP contribution in [0.3, 0.4) is 0 Å². The molecule has 0 spiro atoms. The molecule has 1 saturated heterocycles. The van der Waals surface area contributed by atoms with Gasteiger partial charge in [-0.15, -0.1) is 24.8 Å². The second-order valence-corrected chi connectivity index (χ2v) is 8.13. The Hall–Kier alpha value is 0.480. The van der Waals surface area contributed by atoms with Gasteiger partial charge in [-0.3, -0.25) is 4.90 Å². The van der Waals surface area contributed by atoms with Crippen molar-refractivity contribution < 1.29 is 5.11 Å². The summed E-state index contributed by atoms with van der Waals surface area (Å²) in [5, 5.41) is 14.1. The maximum absolute atomic E-state index is 10.7. The highest BCUT2D eigenvalue weighted by atomic mass is 79.9. The standard InChI is InChI=1S/C17H24Br2N2O.2ClH/c18-13-6-7-14(19)17(22)15(13)16(12-4-2-1-3-5-12)21-10-8-20-9-11-21;;/h6-7,12,16,20,22H,1-5,8-11H2;2*1H/t16-;;/m0../s1. The first-order valence-corrected chi connectivity index (χ1v) is 9.88. The van der Waals surface area contributed by atoms with E-state index in [1.807, 2.05) is 6.07 Å². The predicted octanol–water partition coefficient (Wildman–Crippen LogP) is 5.29. The third-order valence-corrected chi connectivity index (χ3v) is 6.38. The van der Waals surface area contributed by atoms with Crippen LogP contribution >= 0.6 is 56.7 Å². The minimum atomic E-state index is 0. The van der Waals surface area contributed by atoms with Crippen molar-refractivity contribution in [1.29, 1.82) is 0 Å². The summed E-state index contributed by atoms with van der Waals surface area (Å²) in [7, 11) is 0. The van der Waals surface area contributed by atoms with Crippen molar-refractivity contribution >= 4 is 56.7 Å². The number of hydrogen-bond donors (Lipinski definition) is 2. The van der Waals surface area contributed by atoms with Crippen molar-refractivity contribution in [2.24, 2.45) is 5.92 Å². The second-order valence-electron chi connectivity index (χ2n) is 6.42. The Kier molecular flexibility index (Phi) is 9.93. The molecule has 1 heterocycles. The summed E-state index contributed by atoms with van der Waals surface area (Å²) in [6, 6.07) is 4.28. The van der Waals surface area contributed by atoms with Gasteiger partial charge in [-0.2, -0.15) is 0 Å². The molecule has 0 radical (unpaired) electrons. The Bertz CT molecular complexity index is 504. The number of phenols is 1. The van der Waals surface area contributed by atoms with Crippen molar-refractivity contribution in [2.45, 2.75) is 38.1 Å². The molecule has 2 fully saturated rings. The summed E-state index contributed by atoms with van der Waals surface area (Å²) >= 11 is 7.19. The van der Waals surface area contributed by atoms with Crippen LogP contribution < -0.4 is 5.32 Å². The average molecular weight is 505 g/mol. The third kappa shape index (κ3) is 5.01. The van der Waals surface area contributed by atoms with Crippen LogP contribution in [0.2, 0.25) is 0 Å². The lowest BCUT2D eigenvalue weighted by molar-refractivity contribution is 0.101.